The van der Waals surface area contributed by atoms with Gasteiger partial charge < -0.3 is 15.2 Å². The Morgan fingerprint density at radius 1 is 1.30 bits per heavy atom. The number of carbonyl (C=O) groups is 3. The van der Waals surface area contributed by atoms with E-state index in [9.17, 15) is 19.5 Å². The lowest BCUT2D eigenvalue weighted by Gasteiger charge is -2.28. The van der Waals surface area contributed by atoms with Gasteiger partial charge in [0.1, 0.15) is 11.8 Å². The third kappa shape index (κ3) is 4.39. The van der Waals surface area contributed by atoms with E-state index in [1.165, 1.54) is 7.11 Å². The largest absolute Gasteiger partial charge is 0.480 e. The van der Waals surface area contributed by atoms with Crippen LogP contribution in [0.2, 0.25) is 0 Å². The maximum Gasteiger partial charge on any atom is 0.326 e. The molecule has 0 radical (unpaired) electrons. The quantitative estimate of drug-likeness (QED) is 0.832. The maximum absolute atomic E-state index is 12.4. The number of carboxylic acids is 1. The van der Waals surface area contributed by atoms with E-state index >= 15 is 0 Å². The second-order valence-corrected chi connectivity index (χ2v) is 5.75. The van der Waals surface area contributed by atoms with Gasteiger partial charge in [-0.3, -0.25) is 9.59 Å². The van der Waals surface area contributed by atoms with Crippen molar-refractivity contribution in [1.29, 1.82) is 0 Å². The van der Waals surface area contributed by atoms with E-state index in [1.807, 2.05) is 6.07 Å². The van der Waals surface area contributed by atoms with Crippen molar-refractivity contribution in [3.05, 3.63) is 35.9 Å². The van der Waals surface area contributed by atoms with Crippen molar-refractivity contribution in [1.82, 2.24) is 5.32 Å². The van der Waals surface area contributed by atoms with Gasteiger partial charge in [-0.1, -0.05) is 30.3 Å². The molecule has 1 aromatic carbocycles. The van der Waals surface area contributed by atoms with Gasteiger partial charge >= 0.3 is 5.97 Å². The fraction of sp³-hybridized carbons (Fsp3) is 0.471. The van der Waals surface area contributed by atoms with Crippen molar-refractivity contribution in [2.45, 2.75) is 37.8 Å². The number of aliphatic carboxylic acids is 1. The zero-order chi connectivity index (χ0) is 16.8. The molecular weight excluding hydrogens is 298 g/mol. The first-order chi connectivity index (χ1) is 11.0. The van der Waals surface area contributed by atoms with Gasteiger partial charge in [0.25, 0.3) is 5.91 Å². The number of Topliss-reactive ketones (excluding diaryl/α,β-unsaturated/α-hetero) is 1. The summed E-state index contributed by atoms with van der Waals surface area (Å²) < 4.78 is 5.22. The van der Waals surface area contributed by atoms with Crippen molar-refractivity contribution in [3.8, 4) is 0 Å². The maximum atomic E-state index is 12.4. The highest BCUT2D eigenvalue weighted by atomic mass is 16.5. The van der Waals surface area contributed by atoms with Crippen LogP contribution >= 0.6 is 0 Å². The van der Waals surface area contributed by atoms with Gasteiger partial charge in [-0.2, -0.15) is 0 Å². The Bertz CT molecular complexity index is 572. The molecule has 3 atom stereocenters. The number of carbonyl (C=O) groups excluding carboxylic acids is 2. The van der Waals surface area contributed by atoms with Crippen LogP contribution < -0.4 is 5.32 Å². The third-order valence-corrected chi connectivity index (χ3v) is 4.13. The fourth-order valence-electron chi connectivity index (χ4n) is 2.97. The molecule has 2 rings (SSSR count). The molecule has 0 aliphatic heterocycles. The van der Waals surface area contributed by atoms with Crippen LogP contribution in [0.4, 0.5) is 0 Å². The highest BCUT2D eigenvalue weighted by Gasteiger charge is 2.35. The molecule has 6 nitrogen and oxygen atoms in total. The van der Waals surface area contributed by atoms with Crippen LogP contribution in [-0.2, 0) is 19.1 Å². The zero-order valence-corrected chi connectivity index (χ0v) is 13.0. The van der Waals surface area contributed by atoms with Crippen molar-refractivity contribution in [2.24, 2.45) is 5.92 Å². The molecule has 23 heavy (non-hydrogen) atoms. The van der Waals surface area contributed by atoms with Gasteiger partial charge in [-0.25, -0.2) is 4.79 Å². The zero-order valence-electron chi connectivity index (χ0n) is 13.0. The third-order valence-electron chi connectivity index (χ3n) is 4.13. The van der Waals surface area contributed by atoms with Gasteiger partial charge in [0.2, 0.25) is 0 Å². The van der Waals surface area contributed by atoms with Crippen molar-refractivity contribution < 1.29 is 24.2 Å². The molecule has 6 heteroatoms. The minimum atomic E-state index is -1.12. The van der Waals surface area contributed by atoms with Crippen LogP contribution in [0.1, 0.15) is 37.4 Å². The molecule has 1 fully saturated rings. The Labute approximate surface area is 134 Å². The number of rotatable bonds is 6. The Hall–Kier alpha value is -2.21. The number of amides is 1. The lowest BCUT2D eigenvalue weighted by atomic mass is 9.83. The van der Waals surface area contributed by atoms with E-state index in [4.69, 9.17) is 4.74 Å². The number of nitrogens with one attached hydrogen (secondary N) is 1. The van der Waals surface area contributed by atoms with Crippen LogP contribution in [0.25, 0.3) is 0 Å². The topological polar surface area (TPSA) is 92.7 Å². The van der Waals surface area contributed by atoms with E-state index < -0.39 is 24.0 Å². The number of benzene rings is 1. The summed E-state index contributed by atoms with van der Waals surface area (Å²) in [6, 6.07) is 7.79. The van der Waals surface area contributed by atoms with Crippen molar-refractivity contribution >= 4 is 17.7 Å². The normalized spacial score (nSPS) is 20.6. The second kappa shape index (κ2) is 7.87. The summed E-state index contributed by atoms with van der Waals surface area (Å²) in [4.78, 5) is 35.5. The first kappa shape index (κ1) is 17.1. The van der Waals surface area contributed by atoms with Crippen molar-refractivity contribution in [2.75, 3.05) is 7.11 Å². The predicted molar refractivity (Wildman–Crippen MR) is 82.7 cm³/mol. The van der Waals surface area contributed by atoms with Gasteiger partial charge in [-0.05, 0) is 24.3 Å². The summed E-state index contributed by atoms with van der Waals surface area (Å²) in [5, 5.41) is 12.0. The van der Waals surface area contributed by atoms with E-state index in [0.29, 0.717) is 24.8 Å². The number of ketones is 1. The summed E-state index contributed by atoms with van der Waals surface area (Å²) in [5.41, 5.74) is 0.649. The molecule has 0 heterocycles. The Morgan fingerprint density at radius 2 is 2.00 bits per heavy atom. The number of hydrogen-bond donors (Lipinski definition) is 2. The minimum Gasteiger partial charge on any atom is -0.480 e. The SMILES string of the molecule is CO[C@H](C(=O)N[C@H](C(=O)O)[C@H]1CCCC(=O)C1)c1ccccc1. The van der Waals surface area contributed by atoms with Gasteiger partial charge in [0, 0.05) is 20.0 Å². The van der Waals surface area contributed by atoms with Gasteiger partial charge in [0.15, 0.2) is 6.10 Å². The Morgan fingerprint density at radius 3 is 2.57 bits per heavy atom. The first-order valence-corrected chi connectivity index (χ1v) is 7.65. The summed E-state index contributed by atoms with van der Waals surface area (Å²) in [6.07, 6.45) is 1.08. The minimum absolute atomic E-state index is 0.0492. The van der Waals surface area contributed by atoms with E-state index in [2.05, 4.69) is 5.32 Å². The van der Waals surface area contributed by atoms with Crippen molar-refractivity contribution in [3.63, 3.8) is 0 Å². The Balaban J connectivity index is 2.10. The lowest BCUT2D eigenvalue weighted by molar-refractivity contribution is -0.146. The summed E-state index contributed by atoms with van der Waals surface area (Å²) in [5.74, 6) is -1.95. The second-order valence-electron chi connectivity index (χ2n) is 5.75. The van der Waals surface area contributed by atoms with Crippen LogP contribution in [-0.4, -0.2) is 35.9 Å². The molecule has 2 N–H and O–H groups in total. The molecule has 0 aromatic heterocycles. The molecule has 1 aliphatic carbocycles. The molecule has 1 saturated carbocycles. The molecule has 1 amide bonds. The number of hydrogen-bond acceptors (Lipinski definition) is 4. The molecular formula is C17H21NO5. The summed E-state index contributed by atoms with van der Waals surface area (Å²) in [6.45, 7) is 0. The summed E-state index contributed by atoms with van der Waals surface area (Å²) >= 11 is 0. The van der Waals surface area contributed by atoms with Crippen LogP contribution in [0.3, 0.4) is 0 Å². The molecule has 1 aromatic rings. The molecule has 0 bridgehead atoms. The van der Waals surface area contributed by atoms with Crippen LogP contribution in [0, 0.1) is 5.92 Å². The standard InChI is InChI=1S/C17H21NO5/c1-23-15(11-6-3-2-4-7-11)16(20)18-14(17(21)22)12-8-5-9-13(19)10-12/h2-4,6-7,12,14-15H,5,8-10H2,1H3,(H,18,20)(H,21,22)/t12-,14-,15-/m0/s1. The highest BCUT2D eigenvalue weighted by molar-refractivity contribution is 5.88. The van der Waals surface area contributed by atoms with E-state index in [1.54, 1.807) is 24.3 Å². The fourth-order valence-corrected chi connectivity index (χ4v) is 2.97. The molecule has 124 valence electrons. The average Bonchev–Trinajstić information content (AvgIpc) is 2.54. The van der Waals surface area contributed by atoms with Gasteiger partial charge in [-0.15, -0.1) is 0 Å². The van der Waals surface area contributed by atoms with E-state index in [-0.39, 0.29) is 18.1 Å². The smallest absolute Gasteiger partial charge is 0.326 e. The van der Waals surface area contributed by atoms with Crippen LogP contribution in [0.5, 0.6) is 0 Å². The summed E-state index contributed by atoms with van der Waals surface area (Å²) in [7, 11) is 1.40. The highest BCUT2D eigenvalue weighted by Crippen LogP contribution is 2.25. The molecule has 1 aliphatic rings. The number of ether oxygens (including phenoxy) is 1. The molecule has 0 spiro atoms. The van der Waals surface area contributed by atoms with Crippen LogP contribution in [0.15, 0.2) is 30.3 Å². The average molecular weight is 319 g/mol. The monoisotopic (exact) mass is 319 g/mol. The molecule has 0 saturated heterocycles. The first-order valence-electron chi connectivity index (χ1n) is 7.65. The predicted octanol–water partition coefficient (Wildman–Crippen LogP) is 1.70. The molecule has 0 unspecified atom stereocenters. The van der Waals surface area contributed by atoms with E-state index in [0.717, 1.165) is 0 Å². The Kier molecular flexibility index (Phi) is 5.87. The number of methoxy groups -OCH3 is 1. The lowest BCUT2D eigenvalue weighted by Crippen LogP contribution is -2.49. The van der Waals surface area contributed by atoms with Gasteiger partial charge in [0.05, 0.1) is 0 Å². The number of carboxylic acid groups (broad SMARTS) is 1.